The standard InChI is InChI=1S/C14H14.HI/c1-3-7-13(8-4-1)11-12-14-9-5-2-6-10-14;/h1-10H,11-12H2;1H/p-1. The lowest BCUT2D eigenvalue weighted by molar-refractivity contribution is -0.00000280. The maximum Gasteiger partial charge on any atom is -0.0238 e. The molecule has 0 aliphatic carbocycles. The SMILES string of the molecule is [I-].c1ccc(CCc2ccccc2)cc1. The van der Waals surface area contributed by atoms with Gasteiger partial charge >= 0.3 is 0 Å². The fraction of sp³-hybridized carbons (Fsp3) is 0.143. The zero-order valence-electron chi connectivity index (χ0n) is 8.57. The molecule has 0 nitrogen and oxygen atoms in total. The average Bonchev–Trinajstić information content (AvgIpc) is 2.29. The predicted molar refractivity (Wildman–Crippen MR) is 60.3 cm³/mol. The van der Waals surface area contributed by atoms with Crippen molar-refractivity contribution in [3.8, 4) is 0 Å². The zero-order valence-corrected chi connectivity index (χ0v) is 10.7. The monoisotopic (exact) mass is 309 g/mol. The molecule has 0 amide bonds. The molecular weight excluding hydrogens is 295 g/mol. The second-order valence-electron chi connectivity index (χ2n) is 3.47. The molecule has 0 bridgehead atoms. The average molecular weight is 309 g/mol. The van der Waals surface area contributed by atoms with Gasteiger partial charge < -0.3 is 24.0 Å². The Hall–Kier alpha value is -0.830. The highest BCUT2D eigenvalue weighted by atomic mass is 127. The van der Waals surface area contributed by atoms with Crippen LogP contribution in [0.5, 0.6) is 0 Å². The third kappa shape index (κ3) is 4.04. The van der Waals surface area contributed by atoms with Gasteiger partial charge in [-0.25, -0.2) is 0 Å². The van der Waals surface area contributed by atoms with Crippen molar-refractivity contribution in [2.75, 3.05) is 0 Å². The summed E-state index contributed by atoms with van der Waals surface area (Å²) in [7, 11) is 0. The summed E-state index contributed by atoms with van der Waals surface area (Å²) in [5.41, 5.74) is 2.83. The highest BCUT2D eigenvalue weighted by Crippen LogP contribution is 2.06. The van der Waals surface area contributed by atoms with E-state index in [-0.39, 0.29) is 24.0 Å². The second-order valence-corrected chi connectivity index (χ2v) is 3.47. The number of halogens is 1. The molecule has 15 heavy (non-hydrogen) atoms. The quantitative estimate of drug-likeness (QED) is 0.724. The van der Waals surface area contributed by atoms with E-state index in [9.17, 15) is 0 Å². The fourth-order valence-electron chi connectivity index (χ4n) is 1.58. The third-order valence-electron chi connectivity index (χ3n) is 2.39. The minimum absolute atomic E-state index is 0. The summed E-state index contributed by atoms with van der Waals surface area (Å²) < 4.78 is 0. The molecule has 2 aromatic rings. The lowest BCUT2D eigenvalue weighted by Crippen LogP contribution is -3.00. The molecule has 1 heteroatoms. The molecule has 0 aliphatic rings. The van der Waals surface area contributed by atoms with Crippen LogP contribution in [0.3, 0.4) is 0 Å². The molecule has 2 rings (SSSR count). The van der Waals surface area contributed by atoms with Gasteiger partial charge in [0.15, 0.2) is 0 Å². The van der Waals surface area contributed by atoms with Gasteiger partial charge in [0.05, 0.1) is 0 Å². The first-order valence-corrected chi connectivity index (χ1v) is 5.03. The minimum Gasteiger partial charge on any atom is -1.00 e. The van der Waals surface area contributed by atoms with E-state index in [1.54, 1.807) is 0 Å². The van der Waals surface area contributed by atoms with Crippen molar-refractivity contribution in [1.82, 2.24) is 0 Å². The summed E-state index contributed by atoms with van der Waals surface area (Å²) in [6.45, 7) is 0. The smallest absolute Gasteiger partial charge is 0.0238 e. The molecule has 0 spiro atoms. The van der Waals surface area contributed by atoms with Crippen LogP contribution in [0.25, 0.3) is 0 Å². The van der Waals surface area contributed by atoms with Gasteiger partial charge in [-0.3, -0.25) is 0 Å². The van der Waals surface area contributed by atoms with Gasteiger partial charge in [-0.2, -0.15) is 0 Å². The summed E-state index contributed by atoms with van der Waals surface area (Å²) >= 11 is 0. The first-order valence-electron chi connectivity index (χ1n) is 5.03. The highest BCUT2D eigenvalue weighted by Gasteiger charge is 1.93. The van der Waals surface area contributed by atoms with Crippen LogP contribution in [0, 0.1) is 0 Å². The van der Waals surface area contributed by atoms with E-state index in [1.165, 1.54) is 11.1 Å². The van der Waals surface area contributed by atoms with Gasteiger partial charge in [-0.05, 0) is 24.0 Å². The molecule has 2 aromatic carbocycles. The summed E-state index contributed by atoms with van der Waals surface area (Å²) in [4.78, 5) is 0. The Bertz CT molecular complexity index is 328. The van der Waals surface area contributed by atoms with Gasteiger partial charge in [-0.15, -0.1) is 0 Å². The molecule has 0 saturated heterocycles. The largest absolute Gasteiger partial charge is 1.00 e. The molecule has 0 unspecified atom stereocenters. The Labute approximate surface area is 108 Å². The van der Waals surface area contributed by atoms with E-state index < -0.39 is 0 Å². The van der Waals surface area contributed by atoms with E-state index in [4.69, 9.17) is 0 Å². The summed E-state index contributed by atoms with van der Waals surface area (Å²) in [5, 5.41) is 0. The van der Waals surface area contributed by atoms with Crippen LogP contribution in [0.4, 0.5) is 0 Å². The molecule has 0 heterocycles. The second kappa shape index (κ2) is 6.62. The van der Waals surface area contributed by atoms with E-state index in [1.807, 2.05) is 0 Å². The van der Waals surface area contributed by atoms with Gasteiger partial charge in [0.2, 0.25) is 0 Å². The summed E-state index contributed by atoms with van der Waals surface area (Å²) in [6.07, 6.45) is 2.26. The molecule has 0 saturated carbocycles. The van der Waals surface area contributed by atoms with Crippen LogP contribution >= 0.6 is 0 Å². The van der Waals surface area contributed by atoms with Crippen molar-refractivity contribution in [3.63, 3.8) is 0 Å². The van der Waals surface area contributed by atoms with Crippen LogP contribution in [0.1, 0.15) is 11.1 Å². The number of hydrogen-bond donors (Lipinski definition) is 0. The Kier molecular flexibility index (Phi) is 5.40. The Balaban J connectivity index is 0.00000112. The van der Waals surface area contributed by atoms with Crippen molar-refractivity contribution < 1.29 is 24.0 Å². The Morgan fingerprint density at radius 3 is 1.20 bits per heavy atom. The van der Waals surface area contributed by atoms with Crippen molar-refractivity contribution in [1.29, 1.82) is 0 Å². The van der Waals surface area contributed by atoms with Gasteiger partial charge in [0, 0.05) is 0 Å². The first-order chi connectivity index (χ1) is 6.95. The molecule has 0 radical (unpaired) electrons. The fourth-order valence-corrected chi connectivity index (χ4v) is 1.58. The van der Waals surface area contributed by atoms with E-state index in [2.05, 4.69) is 60.7 Å². The summed E-state index contributed by atoms with van der Waals surface area (Å²) in [6, 6.07) is 21.2. The number of rotatable bonds is 3. The minimum atomic E-state index is 0. The molecule has 0 aliphatic heterocycles. The van der Waals surface area contributed by atoms with E-state index >= 15 is 0 Å². The molecule has 0 fully saturated rings. The van der Waals surface area contributed by atoms with Crippen molar-refractivity contribution in [3.05, 3.63) is 71.8 Å². The van der Waals surface area contributed by atoms with Crippen LogP contribution in [-0.4, -0.2) is 0 Å². The molecule has 0 N–H and O–H groups in total. The lowest BCUT2D eigenvalue weighted by atomic mass is 10.0. The van der Waals surface area contributed by atoms with Crippen LogP contribution in [-0.2, 0) is 12.8 Å². The Morgan fingerprint density at radius 2 is 0.867 bits per heavy atom. The molecule has 0 atom stereocenters. The van der Waals surface area contributed by atoms with E-state index in [0.717, 1.165) is 12.8 Å². The normalized spacial score (nSPS) is 9.33. The highest BCUT2D eigenvalue weighted by molar-refractivity contribution is 5.19. The summed E-state index contributed by atoms with van der Waals surface area (Å²) in [5.74, 6) is 0. The van der Waals surface area contributed by atoms with Crippen molar-refractivity contribution in [2.45, 2.75) is 12.8 Å². The lowest BCUT2D eigenvalue weighted by Gasteiger charge is -2.01. The van der Waals surface area contributed by atoms with Crippen LogP contribution in [0.15, 0.2) is 60.7 Å². The van der Waals surface area contributed by atoms with Gasteiger partial charge in [0.1, 0.15) is 0 Å². The van der Waals surface area contributed by atoms with Gasteiger partial charge in [-0.1, -0.05) is 60.7 Å². The zero-order chi connectivity index (χ0) is 9.64. The molecule has 0 aromatic heterocycles. The number of aryl methyl sites for hydroxylation is 2. The number of benzene rings is 2. The van der Waals surface area contributed by atoms with Crippen LogP contribution in [0.2, 0.25) is 0 Å². The molecular formula is C14H14I-. The maximum absolute atomic E-state index is 2.18. The van der Waals surface area contributed by atoms with Crippen molar-refractivity contribution in [2.24, 2.45) is 0 Å². The van der Waals surface area contributed by atoms with E-state index in [0.29, 0.717) is 0 Å². The van der Waals surface area contributed by atoms with Crippen LogP contribution < -0.4 is 24.0 Å². The maximum atomic E-state index is 2.18. The molecule has 78 valence electrons. The Morgan fingerprint density at radius 1 is 0.533 bits per heavy atom. The third-order valence-corrected chi connectivity index (χ3v) is 2.39. The van der Waals surface area contributed by atoms with Crippen molar-refractivity contribution >= 4 is 0 Å². The predicted octanol–water partition coefficient (Wildman–Crippen LogP) is 0.476. The topological polar surface area (TPSA) is 0 Å². The number of hydrogen-bond acceptors (Lipinski definition) is 0. The first kappa shape index (κ1) is 12.2. The van der Waals surface area contributed by atoms with Gasteiger partial charge in [0.25, 0.3) is 0 Å².